The number of esters is 1. The summed E-state index contributed by atoms with van der Waals surface area (Å²) in [5.41, 5.74) is 6.61. The number of nitrogens with two attached hydrogens (primary N) is 1. The van der Waals surface area contributed by atoms with Crippen molar-refractivity contribution in [2.75, 3.05) is 12.3 Å². The highest BCUT2D eigenvalue weighted by Gasteiger charge is 2.30. The highest BCUT2D eigenvalue weighted by Crippen LogP contribution is 2.26. The van der Waals surface area contributed by atoms with E-state index in [1.807, 2.05) is 17.1 Å². The minimum absolute atomic E-state index is 0.256. The molecule has 0 fully saturated rings. The molecule has 0 amide bonds. The zero-order chi connectivity index (χ0) is 11.5. The van der Waals surface area contributed by atoms with Gasteiger partial charge in [0, 0.05) is 6.08 Å². The minimum atomic E-state index is -0.429. The normalized spacial score (nSPS) is 13.9. The number of hydrogen-bond donors (Lipinski definition) is 2. The number of rotatable bonds is 3. The van der Waals surface area contributed by atoms with Gasteiger partial charge < -0.3 is 10.5 Å². The van der Waals surface area contributed by atoms with Crippen LogP contribution < -0.4 is 5.73 Å². The van der Waals surface area contributed by atoms with Crippen LogP contribution in [0.15, 0.2) is 17.1 Å². The Balaban J connectivity index is 2.36. The highest BCUT2D eigenvalue weighted by molar-refractivity contribution is 5.98. The monoisotopic (exact) mass is 284 g/mol. The van der Waals surface area contributed by atoms with E-state index in [-0.39, 0.29) is 5.82 Å². The van der Waals surface area contributed by atoms with Gasteiger partial charge in [-0.25, -0.2) is 4.79 Å². The van der Waals surface area contributed by atoms with E-state index in [2.05, 4.69) is 10.2 Å². The van der Waals surface area contributed by atoms with Crippen molar-refractivity contribution in [2.45, 2.75) is 6.92 Å². The summed E-state index contributed by atoms with van der Waals surface area (Å²) in [5.74, 6) is -0.173. The molecule has 0 bridgehead atoms. The molecule has 0 atom stereocenters. The lowest BCUT2D eigenvalue weighted by Crippen LogP contribution is -2.09. The second kappa shape index (κ2) is 4.52. The lowest BCUT2D eigenvalue weighted by Gasteiger charge is -2.00. The summed E-state index contributed by atoms with van der Waals surface area (Å²) in [6.45, 7) is 2.08. The predicted octanol–water partition coefficient (Wildman–Crippen LogP) is 1.12. The molecule has 16 heavy (non-hydrogen) atoms. The van der Waals surface area contributed by atoms with Crippen LogP contribution in [0, 0.1) is 14.9 Å². The number of carbonyl (C=O) groups is 1. The Kier molecular flexibility index (Phi) is 3.09. The van der Waals surface area contributed by atoms with Crippen molar-refractivity contribution in [2.24, 2.45) is 0 Å². The number of H-pyrrole nitrogens is 1. The molecule has 1 aliphatic heterocycles. The third kappa shape index (κ3) is 1.88. The summed E-state index contributed by atoms with van der Waals surface area (Å²) < 4.78 is 5.94. The van der Waals surface area contributed by atoms with E-state index in [0.717, 1.165) is 4.48 Å². The van der Waals surface area contributed by atoms with E-state index in [0.29, 0.717) is 32.7 Å². The largest absolute Gasteiger partial charge is 0.462 e. The van der Waals surface area contributed by atoms with Gasteiger partial charge in [0.15, 0.2) is 10.7 Å². The van der Waals surface area contributed by atoms with Crippen molar-refractivity contribution in [3.05, 3.63) is 28.4 Å². The first kappa shape index (κ1) is 10.9. The van der Waals surface area contributed by atoms with Gasteiger partial charge in [0.05, 0.1) is 6.61 Å². The third-order valence-electron chi connectivity index (χ3n) is 2.00. The maximum Gasteiger partial charge on any atom is 0.344 e. The summed E-state index contributed by atoms with van der Waals surface area (Å²) in [6.07, 6.45) is 3.87. The number of anilines is 1. The summed E-state index contributed by atoms with van der Waals surface area (Å²) in [5, 5.41) is 6.67. The number of halogens is 1. The van der Waals surface area contributed by atoms with Crippen LogP contribution in [0.2, 0.25) is 0 Å². The van der Waals surface area contributed by atoms with Crippen LogP contribution in [-0.2, 0) is 4.74 Å². The second-order valence-electron chi connectivity index (χ2n) is 3.02. The van der Waals surface area contributed by atoms with Crippen LogP contribution in [-0.4, -0.2) is 22.8 Å². The molecule has 0 unspecified atom stereocenters. The van der Waals surface area contributed by atoms with Gasteiger partial charge in [-0.1, -0.05) is 0 Å². The van der Waals surface area contributed by atoms with Gasteiger partial charge in [0.25, 0.3) is 0 Å². The van der Waals surface area contributed by atoms with Gasteiger partial charge in [-0.2, -0.15) is 5.10 Å². The van der Waals surface area contributed by atoms with Gasteiger partial charge in [-0.3, -0.25) is 5.10 Å². The smallest absolute Gasteiger partial charge is 0.344 e. The summed E-state index contributed by atoms with van der Waals surface area (Å²) in [6, 6.07) is 0. The first-order valence-electron chi connectivity index (χ1n) is 4.75. The first-order valence-corrected chi connectivity index (χ1v) is 6.46. The van der Waals surface area contributed by atoms with Crippen molar-refractivity contribution in [1.29, 1.82) is 0 Å². The standard InChI is InChI=1S/C10H10BrN3O2/c1-2-16-10(15)7-8(13-14-9(7)12)6-4-3-5-11-6/h3-5H,2H2,1H3,(H2-,12,13,14,15)/p+1. The molecule has 0 radical (unpaired) electrons. The average molecular weight is 285 g/mol. The molecule has 0 aliphatic carbocycles. The van der Waals surface area contributed by atoms with Crippen molar-refractivity contribution in [3.8, 4) is 0 Å². The Bertz CT molecular complexity index is 476. The maximum atomic E-state index is 11.7. The number of nitrogens with zero attached hydrogens (tertiary/aromatic N) is 1. The van der Waals surface area contributed by atoms with Crippen LogP contribution in [0.1, 0.15) is 23.0 Å². The van der Waals surface area contributed by atoms with E-state index < -0.39 is 5.97 Å². The summed E-state index contributed by atoms with van der Waals surface area (Å²) in [4.78, 5) is 13.7. The van der Waals surface area contributed by atoms with Crippen LogP contribution in [0.25, 0.3) is 4.48 Å². The molecule has 1 aromatic rings. The number of ether oxygens (including phenoxy) is 1. The number of aromatic amines is 1. The fraction of sp³-hybridized carbons (Fsp3) is 0.200. The molecule has 0 aromatic carbocycles. The Morgan fingerprint density at radius 3 is 3.12 bits per heavy atom. The number of aromatic nitrogens is 2. The number of nitrogens with one attached hydrogen (secondary N) is 1. The molecule has 0 saturated carbocycles. The lowest BCUT2D eigenvalue weighted by atomic mass is 10.2. The molecule has 0 spiro atoms. The fourth-order valence-electron chi connectivity index (χ4n) is 1.33. The second-order valence-corrected chi connectivity index (χ2v) is 4.86. The Hall–Kier alpha value is -1.56. The molecular formula is C10H11BrN3O2+. The van der Waals surface area contributed by atoms with E-state index in [9.17, 15) is 4.79 Å². The van der Waals surface area contributed by atoms with Crippen molar-refractivity contribution in [1.82, 2.24) is 10.2 Å². The molecule has 1 aliphatic rings. The lowest BCUT2D eigenvalue weighted by molar-refractivity contribution is -0.483. The zero-order valence-electron chi connectivity index (χ0n) is 8.66. The minimum Gasteiger partial charge on any atom is -0.462 e. The topological polar surface area (TPSA) is 81.0 Å². The van der Waals surface area contributed by atoms with Gasteiger partial charge >= 0.3 is 20.8 Å². The molecule has 1 aromatic heterocycles. The number of carbonyl (C=O) groups excluding carboxylic acids is 1. The van der Waals surface area contributed by atoms with E-state index >= 15 is 0 Å². The molecule has 2 heterocycles. The van der Waals surface area contributed by atoms with Crippen LogP contribution in [0.3, 0.4) is 0 Å². The SMILES string of the molecule is CCOC(=O)c1c(C2=CC=C[Br+]2)n[nH]c1N. The Morgan fingerprint density at radius 1 is 1.69 bits per heavy atom. The van der Waals surface area contributed by atoms with E-state index in [4.69, 9.17) is 10.5 Å². The predicted molar refractivity (Wildman–Crippen MR) is 56.1 cm³/mol. The van der Waals surface area contributed by atoms with Crippen LogP contribution >= 0.6 is 0 Å². The van der Waals surface area contributed by atoms with Crippen molar-refractivity contribution >= 4 is 16.3 Å². The number of hydrogen-bond acceptors (Lipinski definition) is 4. The van der Waals surface area contributed by atoms with E-state index in [1.165, 1.54) is 0 Å². The fourth-order valence-corrected chi connectivity index (χ4v) is 2.73. The van der Waals surface area contributed by atoms with Gasteiger partial charge in [-0.05, 0) is 13.0 Å². The highest BCUT2D eigenvalue weighted by atomic mass is 79.9. The quantitative estimate of drug-likeness (QED) is 0.815. The first-order chi connectivity index (χ1) is 7.74. The molecule has 5 nitrogen and oxygen atoms in total. The van der Waals surface area contributed by atoms with Gasteiger partial charge in [0.1, 0.15) is 11.4 Å². The number of allylic oxidation sites excluding steroid dienone is 2. The maximum absolute atomic E-state index is 11.7. The average Bonchev–Trinajstić information content (AvgIpc) is 2.86. The molecule has 3 N–H and O–H groups in total. The molecular weight excluding hydrogens is 274 g/mol. The van der Waals surface area contributed by atoms with Crippen LogP contribution in [0.4, 0.5) is 5.82 Å². The molecule has 84 valence electrons. The molecule has 2 rings (SSSR count). The Labute approximate surface area is 98.8 Å². The number of nitrogen functional groups attached to an aromatic ring is 1. The van der Waals surface area contributed by atoms with Gasteiger partial charge in [0.2, 0.25) is 4.48 Å². The van der Waals surface area contributed by atoms with Crippen LogP contribution in [0.5, 0.6) is 0 Å². The van der Waals surface area contributed by atoms with Crippen molar-refractivity contribution in [3.63, 3.8) is 0 Å². The summed E-state index contributed by atoms with van der Waals surface area (Å²) in [7, 11) is 0. The Morgan fingerprint density at radius 2 is 2.50 bits per heavy atom. The van der Waals surface area contributed by atoms with Gasteiger partial charge in [-0.15, -0.1) is 0 Å². The van der Waals surface area contributed by atoms with E-state index in [1.54, 1.807) is 6.92 Å². The third-order valence-corrected chi connectivity index (χ3v) is 3.70. The van der Waals surface area contributed by atoms with Crippen molar-refractivity contribution < 1.29 is 24.4 Å². The molecule has 0 saturated heterocycles. The zero-order valence-corrected chi connectivity index (χ0v) is 10.2. The molecule has 6 heteroatoms. The summed E-state index contributed by atoms with van der Waals surface area (Å²) >= 11 is 0.486.